The Hall–Kier alpha value is -1.59. The van der Waals surface area contributed by atoms with Crippen LogP contribution in [0.15, 0.2) is 30.3 Å². The zero-order chi connectivity index (χ0) is 16.9. The number of aliphatic hydroxyl groups excluding tert-OH is 1. The van der Waals surface area contributed by atoms with Gasteiger partial charge in [0.05, 0.1) is 0 Å². The summed E-state index contributed by atoms with van der Waals surface area (Å²) in [5.41, 5.74) is 1.35. The number of urea groups is 1. The number of amides is 2. The average Bonchev–Trinajstić information content (AvgIpc) is 3.12. The van der Waals surface area contributed by atoms with Gasteiger partial charge in [0.1, 0.15) is 0 Å². The molecule has 132 valence electrons. The van der Waals surface area contributed by atoms with Crippen molar-refractivity contribution in [3.63, 3.8) is 0 Å². The number of aliphatic hydroxyl groups is 1. The summed E-state index contributed by atoms with van der Waals surface area (Å²) in [6.07, 6.45) is 2.91. The SMILES string of the molecule is CC(c1ccccc1)N1CCC(NC(=O)N2CCC(CO)C2)CC1. The highest BCUT2D eigenvalue weighted by molar-refractivity contribution is 5.74. The van der Waals surface area contributed by atoms with Gasteiger partial charge in [0.25, 0.3) is 0 Å². The van der Waals surface area contributed by atoms with Crippen LogP contribution in [0.1, 0.15) is 37.8 Å². The second-order valence-corrected chi connectivity index (χ2v) is 7.13. The molecule has 1 aromatic rings. The molecule has 2 aliphatic heterocycles. The monoisotopic (exact) mass is 331 g/mol. The third-order valence-electron chi connectivity index (χ3n) is 5.52. The van der Waals surface area contributed by atoms with Gasteiger partial charge < -0.3 is 15.3 Å². The maximum Gasteiger partial charge on any atom is 0.317 e. The second-order valence-electron chi connectivity index (χ2n) is 7.13. The van der Waals surface area contributed by atoms with Crippen LogP contribution in [0.2, 0.25) is 0 Å². The van der Waals surface area contributed by atoms with E-state index in [1.165, 1.54) is 5.56 Å². The van der Waals surface area contributed by atoms with Gasteiger partial charge in [-0.3, -0.25) is 4.90 Å². The molecule has 2 saturated heterocycles. The molecule has 2 amide bonds. The lowest BCUT2D eigenvalue weighted by Gasteiger charge is -2.37. The lowest BCUT2D eigenvalue weighted by atomic mass is 10.0. The molecule has 5 nitrogen and oxygen atoms in total. The molecule has 0 saturated carbocycles. The number of nitrogens with zero attached hydrogens (tertiary/aromatic N) is 2. The Morgan fingerprint density at radius 3 is 2.54 bits per heavy atom. The molecule has 2 unspecified atom stereocenters. The molecule has 0 spiro atoms. The maximum atomic E-state index is 12.3. The first-order valence-corrected chi connectivity index (χ1v) is 9.12. The highest BCUT2D eigenvalue weighted by Crippen LogP contribution is 2.24. The molecule has 0 radical (unpaired) electrons. The maximum absolute atomic E-state index is 12.3. The van der Waals surface area contributed by atoms with Crippen LogP contribution < -0.4 is 5.32 Å². The van der Waals surface area contributed by atoms with E-state index in [0.717, 1.165) is 38.9 Å². The van der Waals surface area contributed by atoms with Crippen molar-refractivity contribution in [1.29, 1.82) is 0 Å². The van der Waals surface area contributed by atoms with Gasteiger partial charge in [0.2, 0.25) is 0 Å². The molecular weight excluding hydrogens is 302 g/mol. The molecule has 2 heterocycles. The van der Waals surface area contributed by atoms with E-state index in [2.05, 4.69) is 47.5 Å². The molecule has 0 aliphatic carbocycles. The summed E-state index contributed by atoms with van der Waals surface area (Å²) in [5, 5.41) is 12.4. The third-order valence-corrected chi connectivity index (χ3v) is 5.52. The van der Waals surface area contributed by atoms with E-state index < -0.39 is 0 Å². The molecule has 2 N–H and O–H groups in total. The van der Waals surface area contributed by atoms with Crippen molar-refractivity contribution in [3.8, 4) is 0 Å². The van der Waals surface area contributed by atoms with Crippen molar-refractivity contribution in [2.24, 2.45) is 5.92 Å². The lowest BCUT2D eigenvalue weighted by Crippen LogP contribution is -2.49. The Morgan fingerprint density at radius 2 is 1.92 bits per heavy atom. The number of nitrogens with one attached hydrogen (secondary N) is 1. The van der Waals surface area contributed by atoms with E-state index in [9.17, 15) is 9.90 Å². The van der Waals surface area contributed by atoms with Crippen molar-refractivity contribution in [1.82, 2.24) is 15.1 Å². The summed E-state index contributed by atoms with van der Waals surface area (Å²) in [4.78, 5) is 16.7. The van der Waals surface area contributed by atoms with Crippen LogP contribution in [-0.4, -0.2) is 59.8 Å². The quantitative estimate of drug-likeness (QED) is 0.890. The molecule has 5 heteroatoms. The van der Waals surface area contributed by atoms with Crippen molar-refractivity contribution in [3.05, 3.63) is 35.9 Å². The summed E-state index contributed by atoms with van der Waals surface area (Å²) >= 11 is 0. The van der Waals surface area contributed by atoms with Gasteiger partial charge in [0.15, 0.2) is 0 Å². The summed E-state index contributed by atoms with van der Waals surface area (Å²) in [7, 11) is 0. The smallest absolute Gasteiger partial charge is 0.317 e. The van der Waals surface area contributed by atoms with E-state index in [4.69, 9.17) is 0 Å². The standard InChI is InChI=1S/C19H29N3O2/c1-15(17-5-3-2-4-6-17)21-11-8-18(9-12-21)20-19(24)22-10-7-16(13-22)14-23/h2-6,15-16,18,23H,7-14H2,1H3,(H,20,24). The minimum atomic E-state index is 0.0421. The van der Waals surface area contributed by atoms with Crippen molar-refractivity contribution in [2.75, 3.05) is 32.8 Å². The largest absolute Gasteiger partial charge is 0.396 e. The zero-order valence-corrected chi connectivity index (χ0v) is 14.5. The highest BCUT2D eigenvalue weighted by atomic mass is 16.3. The van der Waals surface area contributed by atoms with E-state index in [1.54, 1.807) is 0 Å². The average molecular weight is 331 g/mol. The summed E-state index contributed by atoms with van der Waals surface area (Å²) in [6, 6.07) is 11.3. The lowest BCUT2D eigenvalue weighted by molar-refractivity contribution is 0.147. The van der Waals surface area contributed by atoms with Crippen LogP contribution >= 0.6 is 0 Å². The van der Waals surface area contributed by atoms with Crippen LogP contribution in [0.3, 0.4) is 0 Å². The summed E-state index contributed by atoms with van der Waals surface area (Å²) in [6.45, 7) is 5.92. The van der Waals surface area contributed by atoms with Crippen LogP contribution in [0, 0.1) is 5.92 Å². The summed E-state index contributed by atoms with van der Waals surface area (Å²) in [5.74, 6) is 0.254. The molecule has 0 aromatic heterocycles. The molecular formula is C19H29N3O2. The Bertz CT molecular complexity index is 529. The predicted octanol–water partition coefficient (Wildman–Crippen LogP) is 2.24. The molecule has 0 bridgehead atoms. The molecule has 24 heavy (non-hydrogen) atoms. The van der Waals surface area contributed by atoms with Gasteiger partial charge in [-0.1, -0.05) is 30.3 Å². The van der Waals surface area contributed by atoms with E-state index in [1.807, 2.05) is 4.90 Å². The number of hydrogen-bond acceptors (Lipinski definition) is 3. The fraction of sp³-hybridized carbons (Fsp3) is 0.632. The van der Waals surface area contributed by atoms with Gasteiger partial charge in [-0.05, 0) is 31.7 Å². The minimum Gasteiger partial charge on any atom is -0.396 e. The minimum absolute atomic E-state index is 0.0421. The number of carbonyl (C=O) groups excluding carboxylic acids is 1. The number of piperidine rings is 1. The van der Waals surface area contributed by atoms with Gasteiger partial charge >= 0.3 is 6.03 Å². The van der Waals surface area contributed by atoms with Gasteiger partial charge in [0, 0.05) is 50.8 Å². The molecule has 2 atom stereocenters. The topological polar surface area (TPSA) is 55.8 Å². The van der Waals surface area contributed by atoms with E-state index >= 15 is 0 Å². The molecule has 2 fully saturated rings. The Labute approximate surface area is 144 Å². The predicted molar refractivity (Wildman–Crippen MR) is 94.7 cm³/mol. The first-order chi connectivity index (χ1) is 11.7. The fourth-order valence-corrected chi connectivity index (χ4v) is 3.81. The van der Waals surface area contributed by atoms with Crippen LogP contribution in [0.5, 0.6) is 0 Å². The third kappa shape index (κ3) is 4.08. The number of rotatable bonds is 4. The van der Waals surface area contributed by atoms with Crippen molar-refractivity contribution < 1.29 is 9.90 Å². The van der Waals surface area contributed by atoms with Crippen LogP contribution in [0.25, 0.3) is 0 Å². The van der Waals surface area contributed by atoms with Crippen LogP contribution in [0.4, 0.5) is 4.79 Å². The van der Waals surface area contributed by atoms with Gasteiger partial charge in [-0.2, -0.15) is 0 Å². The normalized spacial score (nSPS) is 24.1. The van der Waals surface area contributed by atoms with Crippen molar-refractivity contribution >= 4 is 6.03 Å². The zero-order valence-electron chi connectivity index (χ0n) is 14.5. The van der Waals surface area contributed by atoms with Crippen LogP contribution in [-0.2, 0) is 0 Å². The first kappa shape index (κ1) is 17.2. The Balaban J connectivity index is 1.44. The highest BCUT2D eigenvalue weighted by Gasteiger charge is 2.29. The van der Waals surface area contributed by atoms with E-state index in [0.29, 0.717) is 12.6 Å². The van der Waals surface area contributed by atoms with Crippen molar-refractivity contribution in [2.45, 2.75) is 38.3 Å². The van der Waals surface area contributed by atoms with Gasteiger partial charge in [-0.25, -0.2) is 4.79 Å². The molecule has 2 aliphatic rings. The molecule has 3 rings (SSSR count). The number of carbonyl (C=O) groups is 1. The second kappa shape index (κ2) is 7.99. The van der Waals surface area contributed by atoms with Gasteiger partial charge in [-0.15, -0.1) is 0 Å². The molecule has 1 aromatic carbocycles. The Morgan fingerprint density at radius 1 is 1.21 bits per heavy atom. The Kier molecular flexibility index (Phi) is 5.74. The number of benzene rings is 1. The van der Waals surface area contributed by atoms with E-state index in [-0.39, 0.29) is 24.6 Å². The number of likely N-dealkylation sites (tertiary alicyclic amines) is 2. The summed E-state index contributed by atoms with van der Waals surface area (Å²) < 4.78 is 0. The number of hydrogen-bond donors (Lipinski definition) is 2. The first-order valence-electron chi connectivity index (χ1n) is 9.12. The fourth-order valence-electron chi connectivity index (χ4n) is 3.81.